The highest BCUT2D eigenvalue weighted by Crippen LogP contribution is 2.51. The van der Waals surface area contributed by atoms with Crippen molar-refractivity contribution in [1.82, 2.24) is 0 Å². The van der Waals surface area contributed by atoms with E-state index in [1.54, 1.807) is 0 Å². The average molecular weight is 568 g/mol. The highest BCUT2D eigenvalue weighted by Gasteiger charge is 2.26. The molecular formula is C40H25NOS. The van der Waals surface area contributed by atoms with Gasteiger partial charge in [0.25, 0.3) is 0 Å². The molecular weight excluding hydrogens is 543 g/mol. The van der Waals surface area contributed by atoms with Gasteiger partial charge in [0.1, 0.15) is 5.58 Å². The van der Waals surface area contributed by atoms with Crippen LogP contribution >= 0.6 is 11.3 Å². The zero-order chi connectivity index (χ0) is 28.3. The van der Waals surface area contributed by atoms with Crippen molar-refractivity contribution < 1.29 is 4.42 Å². The van der Waals surface area contributed by atoms with Crippen LogP contribution in [0.15, 0.2) is 156 Å². The lowest BCUT2D eigenvalue weighted by Crippen LogP contribution is -2.12. The maximum atomic E-state index is 6.79. The molecule has 2 nitrogen and oxygen atoms in total. The van der Waals surface area contributed by atoms with E-state index in [1.165, 1.54) is 30.9 Å². The minimum absolute atomic E-state index is 0.883. The number of hydrogen-bond donors (Lipinski definition) is 0. The molecule has 3 heteroatoms. The maximum Gasteiger partial charge on any atom is 0.160 e. The van der Waals surface area contributed by atoms with Crippen molar-refractivity contribution in [3.05, 3.63) is 152 Å². The molecule has 0 fully saturated rings. The van der Waals surface area contributed by atoms with Crippen molar-refractivity contribution >= 4 is 81.3 Å². The van der Waals surface area contributed by atoms with Crippen molar-refractivity contribution in [1.29, 1.82) is 0 Å². The minimum Gasteiger partial charge on any atom is -0.454 e. The molecule has 0 saturated heterocycles. The van der Waals surface area contributed by atoms with Gasteiger partial charge in [0.2, 0.25) is 0 Å². The van der Waals surface area contributed by atoms with Crippen molar-refractivity contribution in [2.24, 2.45) is 0 Å². The van der Waals surface area contributed by atoms with Crippen LogP contribution in [0.25, 0.3) is 64.0 Å². The molecule has 2 aromatic heterocycles. The molecule has 0 aliphatic heterocycles. The Kier molecular flexibility index (Phi) is 5.40. The zero-order valence-corrected chi connectivity index (χ0v) is 24.0. The zero-order valence-electron chi connectivity index (χ0n) is 23.2. The molecule has 0 bridgehead atoms. The lowest BCUT2D eigenvalue weighted by molar-refractivity contribution is 0.669. The van der Waals surface area contributed by atoms with Crippen molar-refractivity contribution in [3.8, 4) is 11.1 Å². The third-order valence-electron chi connectivity index (χ3n) is 8.44. The van der Waals surface area contributed by atoms with Crippen LogP contribution in [0.3, 0.4) is 0 Å². The monoisotopic (exact) mass is 567 g/mol. The fourth-order valence-corrected chi connectivity index (χ4v) is 7.67. The fraction of sp³-hybridized carbons (Fsp3) is 0. The Hall–Kier alpha value is -5.38. The smallest absolute Gasteiger partial charge is 0.160 e. The minimum atomic E-state index is 0.883. The van der Waals surface area contributed by atoms with Gasteiger partial charge >= 0.3 is 0 Å². The van der Waals surface area contributed by atoms with E-state index >= 15 is 0 Å². The number of anilines is 3. The Bertz CT molecular complexity index is 2470. The number of furan rings is 1. The van der Waals surface area contributed by atoms with E-state index in [0.717, 1.165) is 50.1 Å². The standard InChI is InChI=1S/C40H25NOS/c1-2-12-27(13-3-1)30-23-24-33-31-15-6-8-19-36(31)42-39(33)38(30)41(29-22-21-26-11-4-5-14-28(26)25-29)35-18-10-17-34-32-16-7-9-20-37(32)43-40(34)35/h1-25H. The molecule has 0 atom stereocenters. The molecule has 0 amide bonds. The predicted molar refractivity (Wildman–Crippen MR) is 184 cm³/mol. The van der Waals surface area contributed by atoms with Gasteiger partial charge in [-0.25, -0.2) is 0 Å². The number of benzene rings is 7. The Morgan fingerprint density at radius 2 is 1.26 bits per heavy atom. The number of para-hydroxylation sites is 1. The average Bonchev–Trinajstić information content (AvgIpc) is 3.64. The van der Waals surface area contributed by atoms with Crippen LogP contribution in [0.1, 0.15) is 0 Å². The molecule has 7 aromatic carbocycles. The van der Waals surface area contributed by atoms with Gasteiger partial charge in [0.15, 0.2) is 5.58 Å². The summed E-state index contributed by atoms with van der Waals surface area (Å²) in [5, 5.41) is 7.20. The van der Waals surface area contributed by atoms with Crippen molar-refractivity contribution in [3.63, 3.8) is 0 Å². The first-order valence-corrected chi connectivity index (χ1v) is 15.3. The quantitative estimate of drug-likeness (QED) is 0.210. The van der Waals surface area contributed by atoms with E-state index in [4.69, 9.17) is 4.42 Å². The first-order chi connectivity index (χ1) is 21.3. The van der Waals surface area contributed by atoms with Gasteiger partial charge in [-0.05, 0) is 52.7 Å². The maximum absolute atomic E-state index is 6.79. The molecule has 202 valence electrons. The number of rotatable bonds is 4. The van der Waals surface area contributed by atoms with Crippen LogP contribution in [0.2, 0.25) is 0 Å². The number of nitrogens with zero attached hydrogens (tertiary/aromatic N) is 1. The van der Waals surface area contributed by atoms with E-state index < -0.39 is 0 Å². The summed E-state index contributed by atoms with van der Waals surface area (Å²) in [4.78, 5) is 2.43. The van der Waals surface area contributed by atoms with E-state index in [2.05, 4.69) is 150 Å². The largest absolute Gasteiger partial charge is 0.454 e. The van der Waals surface area contributed by atoms with E-state index in [0.29, 0.717) is 0 Å². The van der Waals surface area contributed by atoms with Gasteiger partial charge < -0.3 is 9.32 Å². The summed E-state index contributed by atoms with van der Waals surface area (Å²) in [6.07, 6.45) is 0. The third kappa shape index (κ3) is 3.79. The van der Waals surface area contributed by atoms with Crippen LogP contribution in [0, 0.1) is 0 Å². The first kappa shape index (κ1) is 24.2. The molecule has 0 aliphatic rings. The molecule has 2 heterocycles. The lowest BCUT2D eigenvalue weighted by Gasteiger charge is -2.28. The van der Waals surface area contributed by atoms with Crippen LogP contribution in [-0.2, 0) is 0 Å². The summed E-state index contributed by atoms with van der Waals surface area (Å²) in [7, 11) is 0. The van der Waals surface area contributed by atoms with Crippen LogP contribution in [0.5, 0.6) is 0 Å². The Morgan fingerprint density at radius 1 is 0.512 bits per heavy atom. The Balaban J connectivity index is 1.45. The molecule has 0 radical (unpaired) electrons. The van der Waals surface area contributed by atoms with Crippen LogP contribution < -0.4 is 4.90 Å². The van der Waals surface area contributed by atoms with Gasteiger partial charge in [0.05, 0.1) is 16.1 Å². The summed E-state index contributed by atoms with van der Waals surface area (Å²) in [5.74, 6) is 0. The van der Waals surface area contributed by atoms with Crippen LogP contribution in [-0.4, -0.2) is 0 Å². The SMILES string of the molecule is c1ccc(-c2ccc3c(oc4ccccc43)c2N(c2ccc3ccccc3c2)c2cccc3c2sc2ccccc23)cc1. The number of thiophene rings is 1. The van der Waals surface area contributed by atoms with E-state index in [1.807, 2.05) is 17.4 Å². The third-order valence-corrected chi connectivity index (χ3v) is 9.65. The summed E-state index contributed by atoms with van der Waals surface area (Å²) in [6, 6.07) is 54.2. The summed E-state index contributed by atoms with van der Waals surface area (Å²) < 4.78 is 9.33. The molecule has 0 N–H and O–H groups in total. The van der Waals surface area contributed by atoms with Gasteiger partial charge in [-0.1, -0.05) is 115 Å². The normalized spacial score (nSPS) is 11.7. The van der Waals surface area contributed by atoms with Crippen LogP contribution in [0.4, 0.5) is 17.1 Å². The molecule has 9 rings (SSSR count). The van der Waals surface area contributed by atoms with Gasteiger partial charge in [-0.3, -0.25) is 0 Å². The fourth-order valence-electron chi connectivity index (χ4n) is 6.46. The second kappa shape index (κ2) is 9.59. The Morgan fingerprint density at radius 3 is 2.16 bits per heavy atom. The summed E-state index contributed by atoms with van der Waals surface area (Å²) in [5.41, 5.74) is 7.32. The van der Waals surface area contributed by atoms with E-state index in [-0.39, 0.29) is 0 Å². The second-order valence-electron chi connectivity index (χ2n) is 10.9. The molecule has 0 saturated carbocycles. The molecule has 0 unspecified atom stereocenters. The molecule has 43 heavy (non-hydrogen) atoms. The topological polar surface area (TPSA) is 16.4 Å². The van der Waals surface area contributed by atoms with E-state index in [9.17, 15) is 0 Å². The number of fused-ring (bicyclic) bond motifs is 7. The van der Waals surface area contributed by atoms with Gasteiger partial charge in [-0.15, -0.1) is 11.3 Å². The summed E-state index contributed by atoms with van der Waals surface area (Å²) in [6.45, 7) is 0. The van der Waals surface area contributed by atoms with Gasteiger partial charge in [-0.2, -0.15) is 0 Å². The van der Waals surface area contributed by atoms with Crippen molar-refractivity contribution in [2.45, 2.75) is 0 Å². The molecule has 0 aliphatic carbocycles. The second-order valence-corrected chi connectivity index (χ2v) is 12.0. The molecule has 0 spiro atoms. The van der Waals surface area contributed by atoms with Gasteiger partial charge in [0, 0.05) is 37.5 Å². The molecule has 9 aromatic rings. The lowest BCUT2D eigenvalue weighted by atomic mass is 9.98. The highest BCUT2D eigenvalue weighted by molar-refractivity contribution is 7.26. The Labute approximate surface area is 252 Å². The first-order valence-electron chi connectivity index (χ1n) is 14.5. The number of hydrogen-bond acceptors (Lipinski definition) is 3. The predicted octanol–water partition coefficient (Wildman–Crippen LogP) is 12.2. The summed E-state index contributed by atoms with van der Waals surface area (Å²) >= 11 is 1.85. The van der Waals surface area contributed by atoms with Crippen molar-refractivity contribution in [2.75, 3.05) is 4.90 Å². The highest BCUT2D eigenvalue weighted by atomic mass is 32.1.